The zero-order valence-electron chi connectivity index (χ0n) is 10.6. The Labute approximate surface area is 103 Å². The van der Waals surface area contributed by atoms with Crippen molar-refractivity contribution in [1.29, 1.82) is 0 Å². The van der Waals surface area contributed by atoms with Crippen molar-refractivity contribution in [1.82, 2.24) is 4.90 Å². The Hall–Kier alpha value is -0.610. The third kappa shape index (κ3) is 2.63. The van der Waals surface area contributed by atoms with Crippen LogP contribution >= 0.6 is 0 Å². The third-order valence-corrected chi connectivity index (χ3v) is 4.47. The molecule has 2 fully saturated rings. The van der Waals surface area contributed by atoms with Gasteiger partial charge in [-0.25, -0.2) is 0 Å². The minimum Gasteiger partial charge on any atom is -0.480 e. The van der Waals surface area contributed by atoms with Crippen LogP contribution in [0.25, 0.3) is 0 Å². The first-order valence-corrected chi connectivity index (χ1v) is 6.86. The second-order valence-corrected chi connectivity index (χ2v) is 5.62. The standard InChI is InChI=1S/C13H24N2O2/c1-2-4-12(13(16)17)15-7-9-5-3-6-11(14)10(9)8-15/h9-12H,2-8,14H2,1H3,(H,16,17). The fourth-order valence-corrected chi connectivity index (χ4v) is 3.54. The van der Waals surface area contributed by atoms with Gasteiger partial charge in [0.15, 0.2) is 0 Å². The largest absolute Gasteiger partial charge is 0.480 e. The van der Waals surface area contributed by atoms with E-state index in [0.29, 0.717) is 11.8 Å². The fraction of sp³-hybridized carbons (Fsp3) is 0.923. The van der Waals surface area contributed by atoms with Gasteiger partial charge in [-0.15, -0.1) is 0 Å². The van der Waals surface area contributed by atoms with E-state index in [4.69, 9.17) is 5.73 Å². The van der Waals surface area contributed by atoms with Crippen molar-refractivity contribution < 1.29 is 9.90 Å². The highest BCUT2D eigenvalue weighted by Crippen LogP contribution is 2.36. The number of fused-ring (bicyclic) bond motifs is 1. The molecular formula is C13H24N2O2. The highest BCUT2D eigenvalue weighted by atomic mass is 16.4. The van der Waals surface area contributed by atoms with Crippen molar-refractivity contribution in [3.63, 3.8) is 0 Å². The highest BCUT2D eigenvalue weighted by molar-refractivity contribution is 5.73. The van der Waals surface area contributed by atoms with Gasteiger partial charge in [0.1, 0.15) is 6.04 Å². The van der Waals surface area contributed by atoms with Gasteiger partial charge in [0, 0.05) is 19.1 Å². The summed E-state index contributed by atoms with van der Waals surface area (Å²) in [7, 11) is 0. The molecule has 1 saturated carbocycles. The van der Waals surface area contributed by atoms with Gasteiger partial charge in [0.05, 0.1) is 0 Å². The number of hydrogen-bond donors (Lipinski definition) is 2. The van der Waals surface area contributed by atoms with Crippen molar-refractivity contribution in [3.05, 3.63) is 0 Å². The van der Waals surface area contributed by atoms with Gasteiger partial charge in [-0.2, -0.15) is 0 Å². The first-order valence-electron chi connectivity index (χ1n) is 6.86. The molecule has 98 valence electrons. The predicted molar refractivity (Wildman–Crippen MR) is 66.7 cm³/mol. The van der Waals surface area contributed by atoms with Crippen LogP contribution in [0, 0.1) is 11.8 Å². The number of nitrogens with two attached hydrogens (primary N) is 1. The Morgan fingerprint density at radius 3 is 2.82 bits per heavy atom. The summed E-state index contributed by atoms with van der Waals surface area (Å²) in [4.78, 5) is 13.4. The molecular weight excluding hydrogens is 216 g/mol. The molecule has 2 aliphatic rings. The van der Waals surface area contributed by atoms with E-state index in [1.807, 2.05) is 6.92 Å². The van der Waals surface area contributed by atoms with Crippen molar-refractivity contribution in [3.8, 4) is 0 Å². The average Bonchev–Trinajstić information content (AvgIpc) is 2.70. The van der Waals surface area contributed by atoms with Crippen LogP contribution in [-0.2, 0) is 4.79 Å². The lowest BCUT2D eigenvalue weighted by Gasteiger charge is -2.30. The summed E-state index contributed by atoms with van der Waals surface area (Å²) in [6.45, 7) is 3.88. The van der Waals surface area contributed by atoms with Gasteiger partial charge in [-0.3, -0.25) is 9.69 Å². The maximum absolute atomic E-state index is 11.3. The molecule has 4 atom stereocenters. The van der Waals surface area contributed by atoms with Crippen LogP contribution in [0.4, 0.5) is 0 Å². The van der Waals surface area contributed by atoms with E-state index in [0.717, 1.165) is 32.4 Å². The predicted octanol–water partition coefficient (Wildman–Crippen LogP) is 1.30. The molecule has 0 radical (unpaired) electrons. The topological polar surface area (TPSA) is 66.6 Å². The molecule has 4 unspecified atom stereocenters. The normalized spacial score (nSPS) is 35.5. The van der Waals surface area contributed by atoms with Gasteiger partial charge in [0.2, 0.25) is 0 Å². The van der Waals surface area contributed by atoms with E-state index < -0.39 is 5.97 Å². The summed E-state index contributed by atoms with van der Waals surface area (Å²) in [6.07, 6.45) is 5.23. The average molecular weight is 240 g/mol. The maximum Gasteiger partial charge on any atom is 0.320 e. The number of likely N-dealkylation sites (tertiary alicyclic amines) is 1. The number of nitrogens with zero attached hydrogens (tertiary/aromatic N) is 1. The van der Waals surface area contributed by atoms with Gasteiger partial charge in [-0.1, -0.05) is 19.8 Å². The second kappa shape index (κ2) is 5.36. The first kappa shape index (κ1) is 12.8. The van der Waals surface area contributed by atoms with Crippen molar-refractivity contribution in [2.75, 3.05) is 13.1 Å². The molecule has 0 spiro atoms. The van der Waals surface area contributed by atoms with Crippen molar-refractivity contribution in [2.45, 2.75) is 51.1 Å². The zero-order chi connectivity index (χ0) is 12.4. The summed E-state index contributed by atoms with van der Waals surface area (Å²) in [5.74, 6) is 0.499. The summed E-state index contributed by atoms with van der Waals surface area (Å²) in [6, 6.07) is -0.00683. The SMILES string of the molecule is CCCC(C(=O)O)N1CC2CCCC(N)C2C1. The number of carboxylic acid groups (broad SMARTS) is 1. The van der Waals surface area contributed by atoms with Gasteiger partial charge < -0.3 is 10.8 Å². The highest BCUT2D eigenvalue weighted by Gasteiger charge is 2.42. The molecule has 1 saturated heterocycles. The first-order chi connectivity index (χ1) is 8.13. The van der Waals surface area contributed by atoms with Crippen LogP contribution in [0.2, 0.25) is 0 Å². The molecule has 0 aromatic heterocycles. The summed E-state index contributed by atoms with van der Waals surface area (Å²) in [5.41, 5.74) is 6.16. The summed E-state index contributed by atoms with van der Waals surface area (Å²) >= 11 is 0. The van der Waals surface area contributed by atoms with E-state index in [9.17, 15) is 9.90 Å². The van der Waals surface area contributed by atoms with Crippen LogP contribution in [0.1, 0.15) is 39.0 Å². The summed E-state index contributed by atoms with van der Waals surface area (Å²) in [5, 5.41) is 9.29. The number of carboxylic acids is 1. The number of carbonyl (C=O) groups is 1. The Kier molecular flexibility index (Phi) is 4.05. The van der Waals surface area contributed by atoms with E-state index in [1.165, 1.54) is 12.8 Å². The Morgan fingerprint density at radius 1 is 1.47 bits per heavy atom. The van der Waals surface area contributed by atoms with Gasteiger partial charge in [0.25, 0.3) is 0 Å². The maximum atomic E-state index is 11.3. The van der Waals surface area contributed by atoms with Crippen LogP contribution in [0.15, 0.2) is 0 Å². The molecule has 17 heavy (non-hydrogen) atoms. The van der Waals surface area contributed by atoms with E-state index >= 15 is 0 Å². The van der Waals surface area contributed by atoms with E-state index in [2.05, 4.69) is 4.90 Å². The Morgan fingerprint density at radius 2 is 2.24 bits per heavy atom. The molecule has 3 N–H and O–H groups in total. The van der Waals surface area contributed by atoms with Gasteiger partial charge in [-0.05, 0) is 31.1 Å². The van der Waals surface area contributed by atoms with Crippen LogP contribution in [0.5, 0.6) is 0 Å². The van der Waals surface area contributed by atoms with E-state index in [1.54, 1.807) is 0 Å². The molecule has 0 aromatic carbocycles. The third-order valence-electron chi connectivity index (χ3n) is 4.47. The van der Waals surface area contributed by atoms with Crippen LogP contribution in [-0.4, -0.2) is 41.1 Å². The Balaban J connectivity index is 2.01. The molecule has 0 aromatic rings. The minimum absolute atomic E-state index is 0.287. The molecule has 1 heterocycles. The molecule has 1 aliphatic carbocycles. The number of aliphatic carboxylic acids is 1. The lowest BCUT2D eigenvalue weighted by Crippen LogP contribution is -2.41. The Bertz CT molecular complexity index is 283. The monoisotopic (exact) mass is 240 g/mol. The molecule has 2 rings (SSSR count). The molecule has 1 aliphatic heterocycles. The van der Waals surface area contributed by atoms with Crippen LogP contribution < -0.4 is 5.73 Å². The molecule has 0 bridgehead atoms. The fourth-order valence-electron chi connectivity index (χ4n) is 3.54. The molecule has 4 nitrogen and oxygen atoms in total. The zero-order valence-corrected chi connectivity index (χ0v) is 10.6. The quantitative estimate of drug-likeness (QED) is 0.777. The molecule has 4 heteroatoms. The van der Waals surface area contributed by atoms with Crippen molar-refractivity contribution >= 4 is 5.97 Å². The smallest absolute Gasteiger partial charge is 0.320 e. The minimum atomic E-state index is -0.668. The summed E-state index contributed by atoms with van der Waals surface area (Å²) < 4.78 is 0. The molecule has 0 amide bonds. The van der Waals surface area contributed by atoms with Gasteiger partial charge >= 0.3 is 5.97 Å². The van der Waals surface area contributed by atoms with E-state index in [-0.39, 0.29) is 12.1 Å². The van der Waals surface area contributed by atoms with Crippen LogP contribution in [0.3, 0.4) is 0 Å². The number of hydrogen-bond acceptors (Lipinski definition) is 3. The lowest BCUT2D eigenvalue weighted by molar-refractivity contribution is -0.143. The lowest BCUT2D eigenvalue weighted by atomic mass is 9.78. The number of rotatable bonds is 4. The van der Waals surface area contributed by atoms with Crippen molar-refractivity contribution in [2.24, 2.45) is 17.6 Å². The second-order valence-electron chi connectivity index (χ2n) is 5.62.